The predicted octanol–water partition coefficient (Wildman–Crippen LogP) is 3.84. The van der Waals surface area contributed by atoms with E-state index in [1.807, 2.05) is 0 Å². The van der Waals surface area contributed by atoms with Crippen molar-refractivity contribution in [3.8, 4) is 0 Å². The van der Waals surface area contributed by atoms with Gasteiger partial charge in [-0.2, -0.15) is 0 Å². The fourth-order valence-corrected chi connectivity index (χ4v) is 3.12. The highest BCUT2D eigenvalue weighted by atomic mass is 79.9. The van der Waals surface area contributed by atoms with E-state index in [2.05, 4.69) is 52.9 Å². The number of piperidine rings is 1. The first-order chi connectivity index (χ1) is 8.89. The Hall–Kier alpha value is -1.03. The molecule has 19 heavy (non-hydrogen) atoms. The van der Waals surface area contributed by atoms with Crippen LogP contribution < -0.4 is 4.90 Å². The molecule has 0 bridgehead atoms. The van der Waals surface area contributed by atoms with Gasteiger partial charge in [0.25, 0.3) is 0 Å². The zero-order valence-corrected chi connectivity index (χ0v) is 13.0. The fraction of sp³-hybridized carbons (Fsp3) is 0.533. The molecule has 4 heteroatoms. The maximum Gasteiger partial charge on any atom is 0.303 e. The number of carbonyl (C=O) groups is 1. The Morgan fingerprint density at radius 2 is 2.26 bits per heavy atom. The molecule has 1 saturated heterocycles. The summed E-state index contributed by atoms with van der Waals surface area (Å²) >= 11 is 3.51. The maximum atomic E-state index is 11.0. The van der Waals surface area contributed by atoms with Gasteiger partial charge in [0.05, 0.1) is 6.42 Å². The largest absolute Gasteiger partial charge is 0.481 e. The van der Waals surface area contributed by atoms with E-state index in [-0.39, 0.29) is 11.8 Å². The van der Waals surface area contributed by atoms with E-state index in [1.54, 1.807) is 0 Å². The van der Waals surface area contributed by atoms with Crippen molar-refractivity contribution >= 4 is 27.6 Å². The van der Waals surface area contributed by atoms with Gasteiger partial charge in [-0.25, -0.2) is 0 Å². The smallest absolute Gasteiger partial charge is 0.303 e. The standard InChI is InChI=1S/C15H20BrNO2/c1-11-8-12(4-5-13(11)16)17-7-3-6-15(2,10-17)9-14(18)19/h4-5,8H,3,6-7,9-10H2,1-2H3,(H,18,19). The van der Waals surface area contributed by atoms with Crippen LogP contribution in [-0.2, 0) is 4.79 Å². The number of nitrogens with zero attached hydrogens (tertiary/aromatic N) is 1. The number of anilines is 1. The molecule has 1 atom stereocenters. The van der Waals surface area contributed by atoms with Crippen molar-refractivity contribution < 1.29 is 9.90 Å². The molecule has 1 aromatic rings. The van der Waals surface area contributed by atoms with Gasteiger partial charge in [-0.15, -0.1) is 0 Å². The van der Waals surface area contributed by atoms with E-state index in [0.717, 1.165) is 30.4 Å². The molecule has 0 spiro atoms. The molecule has 0 amide bonds. The van der Waals surface area contributed by atoms with E-state index >= 15 is 0 Å². The van der Waals surface area contributed by atoms with E-state index in [0.29, 0.717) is 0 Å². The van der Waals surface area contributed by atoms with Gasteiger partial charge in [0.2, 0.25) is 0 Å². The summed E-state index contributed by atoms with van der Waals surface area (Å²) in [5.74, 6) is -0.698. The summed E-state index contributed by atoms with van der Waals surface area (Å²) in [5.41, 5.74) is 2.28. The number of carboxylic acid groups (broad SMARTS) is 1. The summed E-state index contributed by atoms with van der Waals surface area (Å²) in [6, 6.07) is 6.33. The quantitative estimate of drug-likeness (QED) is 0.917. The zero-order valence-electron chi connectivity index (χ0n) is 11.4. The highest BCUT2D eigenvalue weighted by Crippen LogP contribution is 2.35. The van der Waals surface area contributed by atoms with Gasteiger partial charge in [-0.3, -0.25) is 4.79 Å². The van der Waals surface area contributed by atoms with Crippen LogP contribution in [0.3, 0.4) is 0 Å². The van der Waals surface area contributed by atoms with Crippen molar-refractivity contribution in [2.75, 3.05) is 18.0 Å². The Bertz CT molecular complexity index is 489. The second-order valence-corrected chi connectivity index (χ2v) is 6.69. The van der Waals surface area contributed by atoms with Crippen molar-refractivity contribution in [1.82, 2.24) is 0 Å². The van der Waals surface area contributed by atoms with Crippen molar-refractivity contribution in [2.45, 2.75) is 33.1 Å². The van der Waals surface area contributed by atoms with E-state index in [9.17, 15) is 4.79 Å². The minimum atomic E-state index is -0.698. The van der Waals surface area contributed by atoms with Gasteiger partial charge < -0.3 is 10.0 Å². The summed E-state index contributed by atoms with van der Waals surface area (Å²) in [7, 11) is 0. The number of halogens is 1. The normalized spacial score (nSPS) is 23.4. The molecule has 0 saturated carbocycles. The Morgan fingerprint density at radius 3 is 2.89 bits per heavy atom. The molecule has 1 heterocycles. The molecule has 0 aromatic heterocycles. The summed E-state index contributed by atoms with van der Waals surface area (Å²) < 4.78 is 1.11. The third-order valence-corrected chi connectivity index (χ3v) is 4.76. The first kappa shape index (κ1) is 14.4. The molecule has 0 aliphatic carbocycles. The van der Waals surface area contributed by atoms with Gasteiger partial charge >= 0.3 is 5.97 Å². The Balaban J connectivity index is 2.16. The first-order valence-corrected chi connectivity index (χ1v) is 7.42. The fourth-order valence-electron chi connectivity index (χ4n) is 2.87. The lowest BCUT2D eigenvalue weighted by Crippen LogP contribution is -2.42. The van der Waals surface area contributed by atoms with Crippen LogP contribution in [0.2, 0.25) is 0 Å². The number of carboxylic acids is 1. The number of aryl methyl sites for hydroxylation is 1. The predicted molar refractivity (Wildman–Crippen MR) is 80.7 cm³/mol. The molecule has 0 radical (unpaired) electrons. The van der Waals surface area contributed by atoms with Gasteiger partial charge in [0.1, 0.15) is 0 Å². The molecule has 1 unspecified atom stereocenters. The molecule has 1 fully saturated rings. The van der Waals surface area contributed by atoms with Crippen LogP contribution in [0.25, 0.3) is 0 Å². The number of rotatable bonds is 3. The minimum Gasteiger partial charge on any atom is -0.481 e. The third-order valence-electron chi connectivity index (χ3n) is 3.87. The Kier molecular flexibility index (Phi) is 4.19. The summed E-state index contributed by atoms with van der Waals surface area (Å²) in [6.07, 6.45) is 2.29. The van der Waals surface area contributed by atoms with Crippen LogP contribution in [-0.4, -0.2) is 24.2 Å². The Labute approximate surface area is 122 Å². The van der Waals surface area contributed by atoms with Crippen LogP contribution in [0.4, 0.5) is 5.69 Å². The van der Waals surface area contributed by atoms with E-state index < -0.39 is 5.97 Å². The lowest BCUT2D eigenvalue weighted by Gasteiger charge is -2.41. The molecule has 104 valence electrons. The number of aliphatic carboxylic acids is 1. The van der Waals surface area contributed by atoms with Gasteiger partial charge in [0.15, 0.2) is 0 Å². The maximum absolute atomic E-state index is 11.0. The van der Waals surface area contributed by atoms with Gasteiger partial charge in [0, 0.05) is 23.2 Å². The SMILES string of the molecule is Cc1cc(N2CCCC(C)(CC(=O)O)C2)ccc1Br. The molecule has 1 aliphatic heterocycles. The first-order valence-electron chi connectivity index (χ1n) is 6.63. The second-order valence-electron chi connectivity index (χ2n) is 5.84. The highest BCUT2D eigenvalue weighted by Gasteiger charge is 2.33. The molecule has 1 N–H and O–H groups in total. The Morgan fingerprint density at radius 1 is 1.53 bits per heavy atom. The van der Waals surface area contributed by atoms with Gasteiger partial charge in [-0.05, 0) is 48.9 Å². The molecule has 2 rings (SSSR count). The zero-order chi connectivity index (χ0) is 14.0. The van der Waals surface area contributed by atoms with Crippen LogP contribution in [0, 0.1) is 12.3 Å². The van der Waals surface area contributed by atoms with Crippen molar-refractivity contribution in [2.24, 2.45) is 5.41 Å². The number of hydrogen-bond donors (Lipinski definition) is 1. The number of benzene rings is 1. The van der Waals surface area contributed by atoms with Gasteiger partial charge in [-0.1, -0.05) is 22.9 Å². The third kappa shape index (κ3) is 3.50. The summed E-state index contributed by atoms with van der Waals surface area (Å²) in [4.78, 5) is 13.3. The molecule has 3 nitrogen and oxygen atoms in total. The molecular formula is C15H20BrNO2. The lowest BCUT2D eigenvalue weighted by atomic mass is 9.79. The molecule has 1 aliphatic rings. The average molecular weight is 326 g/mol. The monoisotopic (exact) mass is 325 g/mol. The average Bonchev–Trinajstić information content (AvgIpc) is 2.31. The summed E-state index contributed by atoms with van der Waals surface area (Å²) in [6.45, 7) is 5.99. The van der Waals surface area contributed by atoms with Crippen LogP contribution >= 0.6 is 15.9 Å². The summed E-state index contributed by atoms with van der Waals surface area (Å²) in [5, 5.41) is 9.04. The second kappa shape index (κ2) is 5.53. The van der Waals surface area contributed by atoms with Crippen LogP contribution in [0.5, 0.6) is 0 Å². The highest BCUT2D eigenvalue weighted by molar-refractivity contribution is 9.10. The number of hydrogen-bond acceptors (Lipinski definition) is 2. The molecule has 1 aromatic carbocycles. The van der Waals surface area contributed by atoms with Crippen molar-refractivity contribution in [1.29, 1.82) is 0 Å². The molecular weight excluding hydrogens is 306 g/mol. The lowest BCUT2D eigenvalue weighted by molar-refractivity contribution is -0.139. The van der Waals surface area contributed by atoms with Crippen molar-refractivity contribution in [3.05, 3.63) is 28.2 Å². The topological polar surface area (TPSA) is 40.5 Å². The van der Waals surface area contributed by atoms with Crippen LogP contribution in [0.15, 0.2) is 22.7 Å². The van der Waals surface area contributed by atoms with E-state index in [4.69, 9.17) is 5.11 Å². The van der Waals surface area contributed by atoms with Crippen LogP contribution in [0.1, 0.15) is 31.7 Å². The van der Waals surface area contributed by atoms with Crippen molar-refractivity contribution in [3.63, 3.8) is 0 Å². The van der Waals surface area contributed by atoms with E-state index in [1.165, 1.54) is 11.3 Å². The minimum absolute atomic E-state index is 0.120.